The highest BCUT2D eigenvalue weighted by Gasteiger charge is 2.32. The van der Waals surface area contributed by atoms with Crippen molar-refractivity contribution in [3.05, 3.63) is 14.8 Å². The molecule has 1 saturated heterocycles. The summed E-state index contributed by atoms with van der Waals surface area (Å²) in [6.07, 6.45) is -0.151. The van der Waals surface area contributed by atoms with Crippen LogP contribution in [0.3, 0.4) is 0 Å². The van der Waals surface area contributed by atoms with E-state index in [0.29, 0.717) is 12.8 Å². The summed E-state index contributed by atoms with van der Waals surface area (Å²) in [6.45, 7) is 0.227. The fourth-order valence-electron chi connectivity index (χ4n) is 1.72. The van der Waals surface area contributed by atoms with Gasteiger partial charge in [0.1, 0.15) is 0 Å². The van der Waals surface area contributed by atoms with Gasteiger partial charge < -0.3 is 20.0 Å². The Morgan fingerprint density at radius 3 is 2.89 bits per heavy atom. The molecule has 0 amide bonds. The molecule has 0 spiro atoms. The molecule has 1 N–H and O–H groups in total. The van der Waals surface area contributed by atoms with Gasteiger partial charge in [-0.2, -0.15) is 4.68 Å². The van der Waals surface area contributed by atoms with E-state index in [2.05, 4.69) is 26.0 Å². The zero-order valence-electron chi connectivity index (χ0n) is 9.02. The summed E-state index contributed by atoms with van der Waals surface area (Å²) in [4.78, 5) is 24.1. The number of hydrogen-bond acceptors (Lipinski definition) is 6. The monoisotopic (exact) mass is 320 g/mol. The molecule has 1 aromatic rings. The van der Waals surface area contributed by atoms with E-state index in [0.717, 1.165) is 0 Å². The van der Waals surface area contributed by atoms with Crippen LogP contribution < -0.4 is 0 Å². The molecule has 1 aliphatic rings. The Bertz CT molecular complexity index is 490. The van der Waals surface area contributed by atoms with E-state index in [1.807, 2.05) is 0 Å². The minimum atomic E-state index is -0.999. The average molecular weight is 321 g/mol. The van der Waals surface area contributed by atoms with Gasteiger partial charge >= 0.3 is 11.9 Å². The van der Waals surface area contributed by atoms with Gasteiger partial charge in [0.15, 0.2) is 6.10 Å². The van der Waals surface area contributed by atoms with E-state index >= 15 is 0 Å². The lowest BCUT2D eigenvalue weighted by molar-refractivity contribution is -0.394. The number of nitrogens with zero attached hydrogens (tertiary/aromatic N) is 4. The second-order valence-electron chi connectivity index (χ2n) is 3.78. The molecule has 1 aromatic heterocycles. The number of nitro groups is 1. The van der Waals surface area contributed by atoms with Crippen molar-refractivity contribution in [2.45, 2.75) is 31.6 Å². The molecular weight excluding hydrogens is 312 g/mol. The maximum atomic E-state index is 10.7. The fourth-order valence-corrected chi connectivity index (χ4v) is 2.10. The Hall–Kier alpha value is -1.55. The molecule has 0 saturated carbocycles. The minimum absolute atomic E-state index is 0.219. The van der Waals surface area contributed by atoms with E-state index in [4.69, 9.17) is 9.84 Å². The molecule has 1 aliphatic heterocycles. The van der Waals surface area contributed by atoms with Gasteiger partial charge in [-0.05, 0) is 22.7 Å². The van der Waals surface area contributed by atoms with Crippen molar-refractivity contribution in [2.75, 3.05) is 0 Å². The minimum Gasteiger partial charge on any atom is -0.479 e. The summed E-state index contributed by atoms with van der Waals surface area (Å²) in [6, 6.07) is 0. The van der Waals surface area contributed by atoms with Crippen LogP contribution >= 0.6 is 15.9 Å². The highest BCUT2D eigenvalue weighted by Crippen LogP contribution is 2.22. The first-order valence-electron chi connectivity index (χ1n) is 5.10. The number of hydrogen-bond donors (Lipinski definition) is 1. The van der Waals surface area contributed by atoms with Crippen molar-refractivity contribution < 1.29 is 19.6 Å². The molecule has 2 unspecified atom stereocenters. The molecule has 0 bridgehead atoms. The Morgan fingerprint density at radius 1 is 1.67 bits per heavy atom. The van der Waals surface area contributed by atoms with Crippen LogP contribution in [0.1, 0.15) is 12.8 Å². The molecule has 10 heteroatoms. The molecule has 1 fully saturated rings. The number of carboxylic acids is 1. The van der Waals surface area contributed by atoms with Gasteiger partial charge in [-0.25, -0.2) is 4.79 Å². The third-order valence-electron chi connectivity index (χ3n) is 2.54. The lowest BCUT2D eigenvalue weighted by Crippen LogP contribution is -2.23. The number of rotatable bonds is 4. The van der Waals surface area contributed by atoms with E-state index in [9.17, 15) is 14.9 Å². The third kappa shape index (κ3) is 2.64. The van der Waals surface area contributed by atoms with E-state index < -0.39 is 22.9 Å². The molecule has 2 atom stereocenters. The Kier molecular flexibility index (Phi) is 3.57. The first-order valence-corrected chi connectivity index (χ1v) is 5.89. The molecule has 2 rings (SSSR count). The van der Waals surface area contributed by atoms with Crippen LogP contribution in [0.2, 0.25) is 0 Å². The summed E-state index contributed by atoms with van der Waals surface area (Å²) in [5.41, 5.74) is 0. The number of halogens is 1. The van der Waals surface area contributed by atoms with Gasteiger partial charge in [0.25, 0.3) is 4.73 Å². The predicted molar refractivity (Wildman–Crippen MR) is 59.9 cm³/mol. The zero-order chi connectivity index (χ0) is 13.3. The number of aliphatic carboxylic acids is 1. The number of carbonyl (C=O) groups is 1. The topological polar surface area (TPSA) is 120 Å². The van der Waals surface area contributed by atoms with Crippen LogP contribution in [0.5, 0.6) is 0 Å². The van der Waals surface area contributed by atoms with Crippen LogP contribution in [-0.4, -0.2) is 43.0 Å². The van der Waals surface area contributed by atoms with Crippen LogP contribution in [0.25, 0.3) is 0 Å². The maximum Gasteiger partial charge on any atom is 0.492 e. The van der Waals surface area contributed by atoms with Crippen molar-refractivity contribution in [2.24, 2.45) is 0 Å². The van der Waals surface area contributed by atoms with Crippen LogP contribution in [-0.2, 0) is 16.1 Å². The zero-order valence-corrected chi connectivity index (χ0v) is 10.6. The molecule has 18 heavy (non-hydrogen) atoms. The number of carboxylic acid groups (broad SMARTS) is 1. The molecule has 9 nitrogen and oxygen atoms in total. The summed E-state index contributed by atoms with van der Waals surface area (Å²) in [5.74, 6) is -1.50. The van der Waals surface area contributed by atoms with Gasteiger partial charge in [-0.3, -0.25) is 0 Å². The van der Waals surface area contributed by atoms with Crippen molar-refractivity contribution in [3.8, 4) is 0 Å². The van der Waals surface area contributed by atoms with Crippen molar-refractivity contribution in [1.82, 2.24) is 14.8 Å². The second-order valence-corrected chi connectivity index (χ2v) is 4.49. The lowest BCUT2D eigenvalue weighted by atomic mass is 10.2. The Morgan fingerprint density at radius 2 is 2.39 bits per heavy atom. The van der Waals surface area contributed by atoms with Crippen LogP contribution in [0.4, 0.5) is 5.95 Å². The summed E-state index contributed by atoms with van der Waals surface area (Å²) >= 11 is 3.05. The van der Waals surface area contributed by atoms with Gasteiger partial charge in [0, 0.05) is 21.0 Å². The van der Waals surface area contributed by atoms with E-state index in [-0.39, 0.29) is 17.4 Å². The smallest absolute Gasteiger partial charge is 0.479 e. The molecule has 0 aliphatic carbocycles. The van der Waals surface area contributed by atoms with Crippen molar-refractivity contribution in [1.29, 1.82) is 0 Å². The Labute approximate surface area is 109 Å². The lowest BCUT2D eigenvalue weighted by Gasteiger charge is -2.09. The van der Waals surface area contributed by atoms with Gasteiger partial charge in [-0.15, -0.1) is 0 Å². The van der Waals surface area contributed by atoms with Crippen LogP contribution in [0.15, 0.2) is 4.73 Å². The highest BCUT2D eigenvalue weighted by molar-refractivity contribution is 9.10. The second kappa shape index (κ2) is 4.98. The quantitative estimate of drug-likeness (QED) is 0.636. The van der Waals surface area contributed by atoms with Crippen molar-refractivity contribution >= 4 is 27.8 Å². The maximum absolute atomic E-state index is 10.7. The third-order valence-corrected chi connectivity index (χ3v) is 3.12. The van der Waals surface area contributed by atoms with Gasteiger partial charge in [0.05, 0.1) is 12.6 Å². The van der Waals surface area contributed by atoms with Crippen LogP contribution in [0, 0.1) is 10.1 Å². The number of aromatic nitrogens is 3. The number of ether oxygens (including phenoxy) is 1. The van der Waals surface area contributed by atoms with E-state index in [1.165, 1.54) is 4.68 Å². The SMILES string of the molecule is O=C(O)C1CCC(Cn2nc([N+](=O)[O-])nc2Br)O1. The first kappa shape index (κ1) is 12.9. The summed E-state index contributed by atoms with van der Waals surface area (Å²) in [7, 11) is 0. The molecule has 0 aromatic carbocycles. The highest BCUT2D eigenvalue weighted by atomic mass is 79.9. The first-order chi connectivity index (χ1) is 8.47. The molecule has 0 radical (unpaired) electrons. The fraction of sp³-hybridized carbons (Fsp3) is 0.625. The van der Waals surface area contributed by atoms with Crippen molar-refractivity contribution in [3.63, 3.8) is 0 Å². The summed E-state index contributed by atoms with van der Waals surface area (Å²) in [5, 5.41) is 22.9. The molecule has 2 heterocycles. The molecular formula is C8H9BrN4O5. The van der Waals surface area contributed by atoms with Gasteiger partial charge in [-0.1, -0.05) is 0 Å². The van der Waals surface area contributed by atoms with E-state index in [1.54, 1.807) is 0 Å². The predicted octanol–water partition coefficient (Wildman–Crippen LogP) is 0.581. The normalized spacial score (nSPS) is 23.2. The summed E-state index contributed by atoms with van der Waals surface area (Å²) < 4.78 is 6.78. The standard InChI is InChI=1S/C8H9BrN4O5/c9-7-10-8(13(16)17)11-12(7)3-4-1-2-5(18-4)6(14)15/h4-5H,1-3H2,(H,14,15). The van der Waals surface area contributed by atoms with Gasteiger partial charge in [0.2, 0.25) is 0 Å². The average Bonchev–Trinajstić information content (AvgIpc) is 2.87. The Balaban J connectivity index is 2.02. The largest absolute Gasteiger partial charge is 0.492 e. The molecule has 98 valence electrons.